The van der Waals surface area contributed by atoms with E-state index in [4.69, 9.17) is 11.6 Å². The van der Waals surface area contributed by atoms with Gasteiger partial charge in [-0.2, -0.15) is 0 Å². The molecule has 2 aromatic rings. The fourth-order valence-corrected chi connectivity index (χ4v) is 4.09. The summed E-state index contributed by atoms with van der Waals surface area (Å²) in [6, 6.07) is 10.6. The minimum atomic E-state index is 0.632. The van der Waals surface area contributed by atoms with Crippen molar-refractivity contribution in [1.82, 2.24) is 4.90 Å². The molecule has 0 fully saturated rings. The summed E-state index contributed by atoms with van der Waals surface area (Å²) in [4.78, 5) is 2.38. The van der Waals surface area contributed by atoms with Crippen molar-refractivity contribution in [2.45, 2.75) is 25.0 Å². The highest BCUT2D eigenvalue weighted by Crippen LogP contribution is 2.32. The van der Waals surface area contributed by atoms with Crippen LogP contribution in [0.3, 0.4) is 0 Å². The van der Waals surface area contributed by atoms with Crippen LogP contribution < -0.4 is 0 Å². The normalized spacial score (nSPS) is 10.6. The van der Waals surface area contributed by atoms with E-state index >= 15 is 0 Å². The molecular weight excluding hydrogens is 294 g/mol. The van der Waals surface area contributed by atoms with Gasteiger partial charge in [0.15, 0.2) is 0 Å². The minimum absolute atomic E-state index is 0.632. The van der Waals surface area contributed by atoms with Gasteiger partial charge < -0.3 is 4.90 Å². The van der Waals surface area contributed by atoms with Gasteiger partial charge in [0.05, 0.1) is 9.42 Å². The average Bonchev–Trinajstić information content (AvgIpc) is 2.84. The van der Waals surface area contributed by atoms with Crippen molar-refractivity contribution in [2.24, 2.45) is 0 Å². The second-order valence-electron chi connectivity index (χ2n) is 3.98. The third-order valence-electron chi connectivity index (χ3n) is 2.94. The van der Waals surface area contributed by atoms with Gasteiger partial charge in [0.1, 0.15) is 0 Å². The molecule has 4 heteroatoms. The van der Waals surface area contributed by atoms with Gasteiger partial charge in [0, 0.05) is 4.70 Å². The molecule has 106 valence electrons. The maximum absolute atomic E-state index is 5.63. The van der Waals surface area contributed by atoms with Gasteiger partial charge in [-0.05, 0) is 37.2 Å². The van der Waals surface area contributed by atoms with Crippen molar-refractivity contribution >= 4 is 44.8 Å². The zero-order chi connectivity index (χ0) is 14.1. The van der Waals surface area contributed by atoms with Crippen LogP contribution in [0.2, 0.25) is 0 Å². The lowest BCUT2D eigenvalue weighted by atomic mass is 10.3. The summed E-state index contributed by atoms with van der Waals surface area (Å²) in [6.45, 7) is 10.1. The number of halogens is 1. The molecule has 0 bridgehead atoms. The Balaban J connectivity index is 0.000000224. The molecule has 1 nitrogen and oxygen atoms in total. The highest BCUT2D eigenvalue weighted by molar-refractivity contribution is 8.02. The minimum Gasteiger partial charge on any atom is -0.304 e. The van der Waals surface area contributed by atoms with Gasteiger partial charge in [0.25, 0.3) is 0 Å². The molecule has 0 amide bonds. The Kier molecular flexibility index (Phi) is 8.55. The number of thioether (sulfide) groups is 1. The second kappa shape index (κ2) is 9.65. The van der Waals surface area contributed by atoms with Gasteiger partial charge in [-0.3, -0.25) is 0 Å². The van der Waals surface area contributed by atoms with Gasteiger partial charge in [-0.15, -0.1) is 22.9 Å². The van der Waals surface area contributed by atoms with Crippen LogP contribution in [0.5, 0.6) is 0 Å². The highest BCUT2D eigenvalue weighted by Gasteiger charge is 1.99. The lowest BCUT2D eigenvalue weighted by Gasteiger charge is -2.13. The monoisotopic (exact) mass is 315 g/mol. The highest BCUT2D eigenvalue weighted by atomic mass is 35.5. The van der Waals surface area contributed by atoms with Crippen LogP contribution in [0.25, 0.3) is 10.1 Å². The fraction of sp³-hybridized carbons (Fsp3) is 0.467. The van der Waals surface area contributed by atoms with E-state index in [0.29, 0.717) is 5.21 Å². The summed E-state index contributed by atoms with van der Waals surface area (Å²) >= 11 is 9.12. The zero-order valence-electron chi connectivity index (χ0n) is 11.9. The lowest BCUT2D eigenvalue weighted by Crippen LogP contribution is -2.21. The Morgan fingerprint density at radius 2 is 1.74 bits per heavy atom. The zero-order valence-corrected chi connectivity index (χ0v) is 14.2. The third-order valence-corrected chi connectivity index (χ3v) is 5.29. The maximum Gasteiger partial charge on any atom is 0.0735 e. The lowest BCUT2D eigenvalue weighted by molar-refractivity contribution is 0.321. The molecule has 0 atom stereocenters. The number of thiophene rings is 1. The summed E-state index contributed by atoms with van der Waals surface area (Å²) < 4.78 is 2.64. The van der Waals surface area contributed by atoms with E-state index in [2.05, 4.69) is 56.0 Å². The molecule has 0 unspecified atom stereocenters. The van der Waals surface area contributed by atoms with Gasteiger partial charge in [-0.25, -0.2) is 0 Å². The van der Waals surface area contributed by atoms with Crippen LogP contribution in [-0.4, -0.2) is 29.7 Å². The first-order valence-electron chi connectivity index (χ1n) is 6.64. The summed E-state index contributed by atoms with van der Waals surface area (Å²) in [5.41, 5.74) is 0. The van der Waals surface area contributed by atoms with E-state index in [-0.39, 0.29) is 0 Å². The fourth-order valence-electron chi connectivity index (χ4n) is 1.75. The summed E-state index contributed by atoms with van der Waals surface area (Å²) in [7, 11) is 0. The molecule has 0 aliphatic heterocycles. The number of alkyl halides is 1. The number of benzene rings is 1. The van der Waals surface area contributed by atoms with Crippen molar-refractivity contribution < 1.29 is 0 Å². The Bertz CT molecular complexity index is 427. The van der Waals surface area contributed by atoms with Crippen LogP contribution in [0.1, 0.15) is 20.8 Å². The molecule has 19 heavy (non-hydrogen) atoms. The summed E-state index contributed by atoms with van der Waals surface area (Å²) in [5, 5.41) is 1.95. The number of nitrogens with zero attached hydrogens (tertiary/aromatic N) is 1. The molecule has 1 heterocycles. The van der Waals surface area contributed by atoms with Crippen LogP contribution in [0, 0.1) is 0 Å². The number of hydrogen-bond acceptors (Lipinski definition) is 3. The van der Waals surface area contributed by atoms with E-state index in [1.54, 1.807) is 23.1 Å². The molecule has 0 saturated carbocycles. The van der Waals surface area contributed by atoms with Gasteiger partial charge in [0.2, 0.25) is 0 Å². The number of rotatable bonds is 5. The number of fused-ring (bicyclic) bond motifs is 1. The van der Waals surface area contributed by atoms with Crippen molar-refractivity contribution in [3.05, 3.63) is 30.3 Å². The molecule has 0 aliphatic carbocycles. The van der Waals surface area contributed by atoms with E-state index in [1.807, 2.05) is 0 Å². The first-order valence-corrected chi connectivity index (χ1v) is 8.98. The van der Waals surface area contributed by atoms with Crippen LogP contribution in [-0.2, 0) is 0 Å². The Labute approximate surface area is 130 Å². The van der Waals surface area contributed by atoms with E-state index in [1.165, 1.54) is 33.9 Å². The van der Waals surface area contributed by atoms with Crippen LogP contribution in [0.4, 0.5) is 0 Å². The molecule has 2 rings (SSSR count). The molecule has 1 aromatic heterocycles. The van der Waals surface area contributed by atoms with Crippen LogP contribution in [0.15, 0.2) is 34.5 Å². The average molecular weight is 316 g/mol. The quantitative estimate of drug-likeness (QED) is 0.526. The first kappa shape index (κ1) is 16.8. The Morgan fingerprint density at radius 3 is 2.21 bits per heavy atom. The van der Waals surface area contributed by atoms with Gasteiger partial charge >= 0.3 is 0 Å². The van der Waals surface area contributed by atoms with Crippen molar-refractivity contribution in [2.75, 3.05) is 24.8 Å². The van der Waals surface area contributed by atoms with Crippen LogP contribution >= 0.6 is 34.7 Å². The van der Waals surface area contributed by atoms with Crippen molar-refractivity contribution in [1.29, 1.82) is 0 Å². The smallest absolute Gasteiger partial charge is 0.0735 e. The summed E-state index contributed by atoms with van der Waals surface area (Å²) in [5.74, 6) is 0. The Morgan fingerprint density at radius 1 is 1.11 bits per heavy atom. The van der Waals surface area contributed by atoms with Crippen molar-refractivity contribution in [3.8, 4) is 0 Å². The predicted octanol–water partition coefficient (Wildman–Crippen LogP) is 5.54. The molecule has 0 N–H and O–H groups in total. The summed E-state index contributed by atoms with van der Waals surface area (Å²) in [6.07, 6.45) is 0. The molecule has 0 saturated heterocycles. The molecular formula is C15H22ClNS2. The topological polar surface area (TPSA) is 3.24 Å². The van der Waals surface area contributed by atoms with E-state index in [0.717, 1.165) is 0 Å². The van der Waals surface area contributed by atoms with E-state index < -0.39 is 0 Å². The molecule has 0 radical (unpaired) electrons. The van der Waals surface area contributed by atoms with Crippen molar-refractivity contribution in [3.63, 3.8) is 0 Å². The number of hydrogen-bond donors (Lipinski definition) is 0. The second-order valence-corrected chi connectivity index (χ2v) is 6.92. The SMILES string of the molecule is CCN(CC)CC.ClCSc1cc2ccccc2s1. The van der Waals surface area contributed by atoms with E-state index in [9.17, 15) is 0 Å². The first-order chi connectivity index (χ1) is 9.24. The Hall–Kier alpha value is -0.220. The molecule has 0 aliphatic rings. The predicted molar refractivity (Wildman–Crippen MR) is 91.9 cm³/mol. The largest absolute Gasteiger partial charge is 0.304 e. The molecule has 1 aromatic carbocycles. The standard InChI is InChI=1S/C9H7ClS2.C6H15N/c10-6-11-9-5-7-3-1-2-4-8(7)12-9;1-4-7(5-2)6-3/h1-5H,6H2;4-6H2,1-3H3. The third kappa shape index (κ3) is 5.74. The van der Waals surface area contributed by atoms with Gasteiger partial charge in [-0.1, -0.05) is 50.7 Å². The maximum atomic E-state index is 5.63. The molecule has 0 spiro atoms.